The third-order valence-corrected chi connectivity index (χ3v) is 3.76. The van der Waals surface area contributed by atoms with Gasteiger partial charge in [0, 0.05) is 19.6 Å². The van der Waals surface area contributed by atoms with Crippen LogP contribution in [0, 0.1) is 0 Å². The van der Waals surface area contributed by atoms with Crippen molar-refractivity contribution < 1.29 is 14.6 Å². The number of amides is 1. The standard InChI is InChI=1S/C11H18N2O3/c14-7-3-10(12-4-7)11(15)13-5-8-1-2-9(6-13)16-8/h7-10,12,14H,1-6H2. The topological polar surface area (TPSA) is 61.8 Å². The molecule has 4 atom stereocenters. The zero-order valence-corrected chi connectivity index (χ0v) is 9.26. The molecule has 0 aromatic rings. The van der Waals surface area contributed by atoms with Crippen molar-refractivity contribution in [1.29, 1.82) is 0 Å². The number of likely N-dealkylation sites (tertiary alicyclic amines) is 1. The number of morpholine rings is 1. The first-order valence-electron chi connectivity index (χ1n) is 6.08. The maximum absolute atomic E-state index is 12.2. The van der Waals surface area contributed by atoms with Crippen LogP contribution in [0.5, 0.6) is 0 Å². The number of β-amino-alcohol motifs (C(OH)–C–C–N with tert-alkyl or cyclic N) is 1. The average molecular weight is 226 g/mol. The summed E-state index contributed by atoms with van der Waals surface area (Å²) in [6.07, 6.45) is 2.82. The molecule has 3 aliphatic rings. The molecular weight excluding hydrogens is 208 g/mol. The second-order valence-electron chi connectivity index (χ2n) is 5.05. The molecule has 5 heteroatoms. The number of ether oxygens (including phenoxy) is 1. The van der Waals surface area contributed by atoms with Gasteiger partial charge in [-0.2, -0.15) is 0 Å². The Kier molecular flexibility index (Phi) is 2.61. The molecule has 5 nitrogen and oxygen atoms in total. The third kappa shape index (κ3) is 1.83. The summed E-state index contributed by atoms with van der Waals surface area (Å²) in [7, 11) is 0. The summed E-state index contributed by atoms with van der Waals surface area (Å²) in [6.45, 7) is 1.99. The molecule has 0 saturated carbocycles. The van der Waals surface area contributed by atoms with Crippen LogP contribution in [0.3, 0.4) is 0 Å². The average Bonchev–Trinajstić information content (AvgIpc) is 2.84. The van der Waals surface area contributed by atoms with Gasteiger partial charge in [-0.1, -0.05) is 0 Å². The summed E-state index contributed by atoms with van der Waals surface area (Å²) in [5.74, 6) is 0.136. The van der Waals surface area contributed by atoms with Crippen LogP contribution in [0.4, 0.5) is 0 Å². The SMILES string of the molecule is O=C(C1CC(O)CN1)N1CC2CCC(C1)O2. The molecule has 3 saturated heterocycles. The highest BCUT2D eigenvalue weighted by atomic mass is 16.5. The largest absolute Gasteiger partial charge is 0.392 e. The second-order valence-corrected chi connectivity index (χ2v) is 5.05. The number of fused-ring (bicyclic) bond motifs is 2. The lowest BCUT2D eigenvalue weighted by Crippen LogP contribution is -2.51. The molecular formula is C11H18N2O3. The molecule has 0 aliphatic carbocycles. The minimum absolute atomic E-state index is 0.136. The molecule has 3 fully saturated rings. The fraction of sp³-hybridized carbons (Fsp3) is 0.909. The van der Waals surface area contributed by atoms with E-state index in [1.54, 1.807) is 0 Å². The van der Waals surface area contributed by atoms with Gasteiger partial charge in [0.2, 0.25) is 5.91 Å². The maximum atomic E-state index is 12.2. The van der Waals surface area contributed by atoms with E-state index in [0.717, 1.165) is 25.9 Å². The Morgan fingerprint density at radius 2 is 2.00 bits per heavy atom. The molecule has 2 N–H and O–H groups in total. The number of rotatable bonds is 1. The van der Waals surface area contributed by atoms with Crippen LogP contribution >= 0.6 is 0 Å². The molecule has 16 heavy (non-hydrogen) atoms. The van der Waals surface area contributed by atoms with E-state index in [9.17, 15) is 9.90 Å². The van der Waals surface area contributed by atoms with Crippen molar-refractivity contribution in [2.24, 2.45) is 0 Å². The highest BCUT2D eigenvalue weighted by Crippen LogP contribution is 2.27. The van der Waals surface area contributed by atoms with Crippen LogP contribution in [0.25, 0.3) is 0 Å². The Hall–Kier alpha value is -0.650. The van der Waals surface area contributed by atoms with Gasteiger partial charge < -0.3 is 20.1 Å². The van der Waals surface area contributed by atoms with Gasteiger partial charge in [0.1, 0.15) is 0 Å². The lowest BCUT2D eigenvalue weighted by Gasteiger charge is -2.33. The number of carbonyl (C=O) groups is 1. The number of nitrogens with zero attached hydrogens (tertiary/aromatic N) is 1. The third-order valence-electron chi connectivity index (χ3n) is 3.76. The minimum atomic E-state index is -0.369. The predicted octanol–water partition coefficient (Wildman–Crippen LogP) is -0.901. The van der Waals surface area contributed by atoms with Gasteiger partial charge in [0.25, 0.3) is 0 Å². The highest BCUT2D eigenvalue weighted by Gasteiger charge is 2.39. The second kappa shape index (κ2) is 3.98. The van der Waals surface area contributed by atoms with Crippen molar-refractivity contribution in [3.63, 3.8) is 0 Å². The molecule has 3 aliphatic heterocycles. The molecule has 2 bridgehead atoms. The van der Waals surface area contributed by atoms with Gasteiger partial charge in [-0.25, -0.2) is 0 Å². The highest BCUT2D eigenvalue weighted by molar-refractivity contribution is 5.82. The van der Waals surface area contributed by atoms with E-state index in [4.69, 9.17) is 4.74 Å². The zero-order chi connectivity index (χ0) is 11.1. The van der Waals surface area contributed by atoms with Crippen LogP contribution < -0.4 is 5.32 Å². The summed E-state index contributed by atoms with van der Waals surface area (Å²) in [6, 6.07) is -0.188. The van der Waals surface area contributed by atoms with Crippen LogP contribution in [0.1, 0.15) is 19.3 Å². The number of hydrogen-bond donors (Lipinski definition) is 2. The summed E-state index contributed by atoms with van der Waals surface area (Å²) in [5, 5.41) is 12.5. The first-order chi connectivity index (χ1) is 7.72. The Labute approximate surface area is 94.8 Å². The summed E-state index contributed by atoms with van der Waals surface area (Å²) in [4.78, 5) is 14.1. The smallest absolute Gasteiger partial charge is 0.239 e. The summed E-state index contributed by atoms with van der Waals surface area (Å²) >= 11 is 0. The monoisotopic (exact) mass is 226 g/mol. The van der Waals surface area contributed by atoms with Crippen molar-refractivity contribution >= 4 is 5.91 Å². The van der Waals surface area contributed by atoms with Crippen LogP contribution in [-0.4, -0.2) is 59.9 Å². The van der Waals surface area contributed by atoms with Crippen LogP contribution in [0.15, 0.2) is 0 Å². The summed E-state index contributed by atoms with van der Waals surface area (Å²) in [5.41, 5.74) is 0. The van der Waals surface area contributed by atoms with Crippen molar-refractivity contribution in [1.82, 2.24) is 10.2 Å². The van der Waals surface area contributed by atoms with Crippen molar-refractivity contribution in [3.8, 4) is 0 Å². The quantitative estimate of drug-likeness (QED) is 0.608. The number of hydrogen-bond acceptors (Lipinski definition) is 4. The van der Waals surface area contributed by atoms with Crippen LogP contribution in [0.2, 0.25) is 0 Å². The first-order valence-corrected chi connectivity index (χ1v) is 6.08. The lowest BCUT2D eigenvalue weighted by atomic mass is 10.1. The lowest BCUT2D eigenvalue weighted by molar-refractivity contribution is -0.141. The van der Waals surface area contributed by atoms with Crippen molar-refractivity contribution in [2.45, 2.75) is 43.6 Å². The van der Waals surface area contributed by atoms with Crippen molar-refractivity contribution in [2.75, 3.05) is 19.6 Å². The molecule has 0 spiro atoms. The molecule has 4 unspecified atom stereocenters. The fourth-order valence-electron chi connectivity index (χ4n) is 2.92. The van der Waals surface area contributed by atoms with E-state index in [0.29, 0.717) is 13.0 Å². The van der Waals surface area contributed by atoms with Gasteiger partial charge in [0.05, 0.1) is 24.4 Å². The van der Waals surface area contributed by atoms with E-state index in [1.807, 2.05) is 4.90 Å². The molecule has 0 aromatic carbocycles. The van der Waals surface area contributed by atoms with E-state index >= 15 is 0 Å². The predicted molar refractivity (Wildman–Crippen MR) is 56.9 cm³/mol. The normalized spacial score (nSPS) is 42.7. The van der Waals surface area contributed by atoms with E-state index in [1.165, 1.54) is 0 Å². The van der Waals surface area contributed by atoms with Gasteiger partial charge in [0.15, 0.2) is 0 Å². The number of aliphatic hydroxyl groups excluding tert-OH is 1. The van der Waals surface area contributed by atoms with Crippen LogP contribution in [-0.2, 0) is 9.53 Å². The molecule has 0 aromatic heterocycles. The molecule has 3 rings (SSSR count). The Balaban J connectivity index is 1.62. The molecule has 1 amide bonds. The van der Waals surface area contributed by atoms with Gasteiger partial charge in [-0.3, -0.25) is 4.79 Å². The molecule has 0 radical (unpaired) electrons. The molecule has 90 valence electrons. The van der Waals surface area contributed by atoms with E-state index < -0.39 is 0 Å². The zero-order valence-electron chi connectivity index (χ0n) is 9.26. The molecule has 3 heterocycles. The maximum Gasteiger partial charge on any atom is 0.239 e. The van der Waals surface area contributed by atoms with Gasteiger partial charge in [-0.15, -0.1) is 0 Å². The van der Waals surface area contributed by atoms with Gasteiger partial charge in [-0.05, 0) is 19.3 Å². The van der Waals surface area contributed by atoms with Crippen molar-refractivity contribution in [3.05, 3.63) is 0 Å². The Morgan fingerprint density at radius 3 is 2.56 bits per heavy atom. The Bertz CT molecular complexity index is 285. The fourth-order valence-corrected chi connectivity index (χ4v) is 2.92. The number of nitrogens with one attached hydrogen (secondary N) is 1. The van der Waals surface area contributed by atoms with E-state index in [-0.39, 0.29) is 30.3 Å². The number of carbonyl (C=O) groups excluding carboxylic acids is 1. The number of aliphatic hydroxyl groups is 1. The Morgan fingerprint density at radius 1 is 1.31 bits per heavy atom. The minimum Gasteiger partial charge on any atom is -0.392 e. The van der Waals surface area contributed by atoms with Gasteiger partial charge >= 0.3 is 0 Å². The first kappa shape index (κ1) is 10.5. The van der Waals surface area contributed by atoms with E-state index in [2.05, 4.69) is 5.32 Å². The summed E-state index contributed by atoms with van der Waals surface area (Å²) < 4.78 is 5.70.